The van der Waals surface area contributed by atoms with Gasteiger partial charge in [0.05, 0.1) is 16.6 Å². The van der Waals surface area contributed by atoms with Crippen molar-refractivity contribution in [3.05, 3.63) is 218 Å². The van der Waals surface area contributed by atoms with Crippen LogP contribution >= 0.6 is 0 Å². The Hall–Kier alpha value is -8.47. The highest BCUT2D eigenvalue weighted by atomic mass is 16.3. The van der Waals surface area contributed by atoms with Crippen molar-refractivity contribution in [2.45, 2.75) is 0 Å². The first-order chi connectivity index (χ1) is 31.1. The van der Waals surface area contributed by atoms with Crippen LogP contribution in [0, 0.1) is 0 Å². The summed E-state index contributed by atoms with van der Waals surface area (Å²) >= 11 is 0. The topological polar surface area (TPSA) is 58.3 Å². The van der Waals surface area contributed by atoms with Crippen LogP contribution in [0.3, 0.4) is 0 Å². The van der Waals surface area contributed by atoms with Crippen molar-refractivity contribution in [3.8, 4) is 73.1 Å². The Bertz CT molecular complexity index is 3740. The van der Waals surface area contributed by atoms with E-state index in [0.29, 0.717) is 5.56 Å². The van der Waals surface area contributed by atoms with Gasteiger partial charge in [-0.15, -0.1) is 0 Å². The highest BCUT2D eigenvalue weighted by Crippen LogP contribution is 2.48. The van der Waals surface area contributed by atoms with Crippen molar-refractivity contribution in [1.29, 1.82) is 0 Å². The van der Waals surface area contributed by atoms with Gasteiger partial charge in [0.15, 0.2) is 0 Å². The number of fused-ring (bicyclic) bond motifs is 5. The summed E-state index contributed by atoms with van der Waals surface area (Å²) in [5.74, 6) is 0.962. The number of aromatic nitrogens is 2. The van der Waals surface area contributed by atoms with E-state index in [0.717, 1.165) is 94.0 Å². The van der Waals surface area contributed by atoms with Crippen LogP contribution in [-0.4, -0.2) is 19.8 Å². The highest BCUT2D eigenvalue weighted by molar-refractivity contribution is 6.23. The number of para-hydroxylation sites is 3. The number of benzene rings is 11. The normalized spacial score (nSPS) is 11.6. The van der Waals surface area contributed by atoms with E-state index in [1.807, 2.05) is 18.2 Å². The highest BCUT2D eigenvalue weighted by Gasteiger charge is 2.21. The summed E-state index contributed by atoms with van der Waals surface area (Å²) in [5.41, 5.74) is 11.9. The average molecular weight is 807 g/mol. The molecule has 1 aromatic heterocycles. The lowest BCUT2D eigenvalue weighted by molar-refractivity contribution is 0.454. The monoisotopic (exact) mass is 806 g/mol. The third-order valence-electron chi connectivity index (χ3n) is 12.6. The molecule has 0 saturated heterocycles. The summed E-state index contributed by atoms with van der Waals surface area (Å²) in [4.78, 5) is 5.13. The molecule has 0 unspecified atom stereocenters. The van der Waals surface area contributed by atoms with E-state index in [9.17, 15) is 10.2 Å². The third kappa shape index (κ3) is 6.11. The van der Waals surface area contributed by atoms with Crippen LogP contribution in [0.15, 0.2) is 218 Å². The van der Waals surface area contributed by atoms with Gasteiger partial charge in [-0.05, 0) is 143 Å². The van der Waals surface area contributed by atoms with Gasteiger partial charge >= 0.3 is 0 Å². The van der Waals surface area contributed by atoms with Crippen molar-refractivity contribution in [2.75, 3.05) is 0 Å². The Morgan fingerprint density at radius 3 is 1.43 bits per heavy atom. The molecule has 0 spiro atoms. The first-order valence-corrected chi connectivity index (χ1v) is 21.2. The van der Waals surface area contributed by atoms with Gasteiger partial charge in [0.2, 0.25) is 0 Å². The van der Waals surface area contributed by atoms with Gasteiger partial charge in [0, 0.05) is 11.3 Å². The Labute approximate surface area is 363 Å². The Balaban J connectivity index is 1.11. The first kappa shape index (κ1) is 36.4. The van der Waals surface area contributed by atoms with Crippen LogP contribution in [-0.2, 0) is 0 Å². The number of phenolic OH excluding ortho intramolecular Hbond substituents is 2. The zero-order valence-electron chi connectivity index (χ0n) is 34.1. The number of hydrogen-bond acceptors (Lipinski definition) is 3. The second-order valence-corrected chi connectivity index (χ2v) is 16.2. The number of aromatic hydroxyl groups is 2. The lowest BCUT2D eigenvalue weighted by Gasteiger charge is -2.20. The van der Waals surface area contributed by atoms with Gasteiger partial charge in [-0.25, -0.2) is 4.98 Å². The van der Waals surface area contributed by atoms with E-state index in [-0.39, 0.29) is 11.5 Å². The summed E-state index contributed by atoms with van der Waals surface area (Å²) in [6.45, 7) is 0. The quantitative estimate of drug-likeness (QED) is 0.165. The molecule has 11 aromatic carbocycles. The second kappa shape index (κ2) is 14.6. The number of rotatable bonds is 6. The molecule has 63 heavy (non-hydrogen) atoms. The van der Waals surface area contributed by atoms with Crippen LogP contribution < -0.4 is 0 Å². The molecule has 0 radical (unpaired) electrons. The predicted octanol–water partition coefficient (Wildman–Crippen LogP) is 15.4. The fourth-order valence-corrected chi connectivity index (χ4v) is 9.57. The fraction of sp³-hybridized carbons (Fsp3) is 0. The molecule has 0 aliphatic heterocycles. The maximum atomic E-state index is 11.1. The van der Waals surface area contributed by atoms with Crippen LogP contribution in [0.5, 0.6) is 11.5 Å². The molecule has 0 amide bonds. The molecule has 0 saturated carbocycles. The molecule has 12 rings (SSSR count). The van der Waals surface area contributed by atoms with E-state index in [1.165, 1.54) is 16.2 Å². The molecular formula is C59H38N2O2. The van der Waals surface area contributed by atoms with Gasteiger partial charge in [-0.2, -0.15) is 0 Å². The van der Waals surface area contributed by atoms with Crippen molar-refractivity contribution in [3.63, 3.8) is 0 Å². The molecule has 296 valence electrons. The van der Waals surface area contributed by atoms with Crippen molar-refractivity contribution in [1.82, 2.24) is 9.55 Å². The van der Waals surface area contributed by atoms with Gasteiger partial charge in [-0.1, -0.05) is 158 Å². The maximum Gasteiger partial charge on any atom is 0.145 e. The molecule has 0 aliphatic rings. The Morgan fingerprint density at radius 2 is 0.794 bits per heavy atom. The predicted molar refractivity (Wildman–Crippen MR) is 262 cm³/mol. The van der Waals surface area contributed by atoms with E-state index < -0.39 is 0 Å². The Morgan fingerprint density at radius 1 is 0.317 bits per heavy atom. The summed E-state index contributed by atoms with van der Waals surface area (Å²) in [7, 11) is 0. The summed E-state index contributed by atoms with van der Waals surface area (Å²) < 4.78 is 2.24. The van der Waals surface area contributed by atoms with Crippen LogP contribution in [0.2, 0.25) is 0 Å². The largest absolute Gasteiger partial charge is 0.507 e. The van der Waals surface area contributed by atoms with Crippen molar-refractivity contribution in [2.24, 2.45) is 0 Å². The van der Waals surface area contributed by atoms with Gasteiger partial charge in [-0.3, -0.25) is 4.57 Å². The summed E-state index contributed by atoms with van der Waals surface area (Å²) in [5, 5.41) is 31.2. The van der Waals surface area contributed by atoms with Crippen LogP contribution in [0.25, 0.3) is 116 Å². The third-order valence-corrected chi connectivity index (χ3v) is 12.6. The molecule has 12 aromatic rings. The molecule has 4 heteroatoms. The van der Waals surface area contributed by atoms with Gasteiger partial charge < -0.3 is 10.2 Å². The fourth-order valence-electron chi connectivity index (χ4n) is 9.57. The number of nitrogens with zero attached hydrogens (tertiary/aromatic N) is 2. The standard InChI is InChI=1S/C59H38N2O2/c62-54-19-10-20-55(63)58(54)46-30-32-49-51(36-46)57(45-28-24-38-12-5-7-14-42(38)34-45)48-31-29-43(35-50(48)56(49)44-27-23-37-11-4-6-13-41(37)33-44)39-21-25-40(26-22-39)59-60-52-17-8-9-18-53(52)61(59)47-15-2-1-3-16-47/h1-36,62-63H. The van der Waals surface area contributed by atoms with E-state index in [1.54, 1.807) is 18.2 Å². The molecule has 0 aliphatic carbocycles. The van der Waals surface area contributed by atoms with Crippen molar-refractivity contribution >= 4 is 54.1 Å². The molecule has 0 atom stereocenters. The number of phenols is 2. The Kier molecular flexibility index (Phi) is 8.44. The minimum atomic E-state index is 0.0325. The molecular weight excluding hydrogens is 769 g/mol. The van der Waals surface area contributed by atoms with Crippen LogP contribution in [0.4, 0.5) is 0 Å². The lowest BCUT2D eigenvalue weighted by Crippen LogP contribution is -1.97. The molecule has 0 fully saturated rings. The SMILES string of the molecule is Oc1cccc(O)c1-c1ccc2c(-c3ccc4ccccc4c3)c3cc(-c4ccc(-c5nc6ccccc6n5-c5ccccc5)cc4)ccc3c(-c3ccc4ccccc4c3)c2c1. The molecule has 1 heterocycles. The molecule has 2 N–H and O–H groups in total. The van der Waals surface area contributed by atoms with Gasteiger partial charge in [0.25, 0.3) is 0 Å². The maximum absolute atomic E-state index is 11.1. The van der Waals surface area contributed by atoms with E-state index in [4.69, 9.17) is 4.98 Å². The summed E-state index contributed by atoms with van der Waals surface area (Å²) in [6, 6.07) is 75.9. The second-order valence-electron chi connectivity index (χ2n) is 16.2. The summed E-state index contributed by atoms with van der Waals surface area (Å²) in [6.07, 6.45) is 0. The van der Waals surface area contributed by atoms with E-state index in [2.05, 4.69) is 187 Å². The minimum Gasteiger partial charge on any atom is -0.507 e. The van der Waals surface area contributed by atoms with Crippen molar-refractivity contribution < 1.29 is 10.2 Å². The number of imidazole rings is 1. The zero-order chi connectivity index (χ0) is 42.0. The minimum absolute atomic E-state index is 0.0325. The zero-order valence-corrected chi connectivity index (χ0v) is 34.1. The lowest BCUT2D eigenvalue weighted by atomic mass is 9.83. The van der Waals surface area contributed by atoms with Crippen LogP contribution in [0.1, 0.15) is 0 Å². The average Bonchev–Trinajstić information content (AvgIpc) is 3.73. The number of hydrogen-bond donors (Lipinski definition) is 2. The molecule has 0 bridgehead atoms. The van der Waals surface area contributed by atoms with Gasteiger partial charge in [0.1, 0.15) is 17.3 Å². The molecule has 4 nitrogen and oxygen atoms in total. The first-order valence-electron chi connectivity index (χ1n) is 21.2. The smallest absolute Gasteiger partial charge is 0.145 e. The van der Waals surface area contributed by atoms with E-state index >= 15 is 0 Å².